The Morgan fingerprint density at radius 3 is 2.31 bits per heavy atom. The fourth-order valence-corrected chi connectivity index (χ4v) is 3.08. The molecular weight excluding hydrogens is 421 g/mol. The molecule has 0 N–H and O–H groups in total. The highest BCUT2D eigenvalue weighted by Gasteiger charge is 2.34. The second-order valence-corrected chi connectivity index (χ2v) is 7.02. The summed E-state index contributed by atoms with van der Waals surface area (Å²) in [7, 11) is 1.55. The minimum absolute atomic E-state index is 0.230. The number of ether oxygens (including phenoxy) is 2. The van der Waals surface area contributed by atoms with Gasteiger partial charge < -0.3 is 14.0 Å². The third kappa shape index (κ3) is 6.23. The van der Waals surface area contributed by atoms with Gasteiger partial charge in [-0.15, -0.1) is 0 Å². The van der Waals surface area contributed by atoms with Gasteiger partial charge in [0.2, 0.25) is 0 Å². The van der Waals surface area contributed by atoms with E-state index in [1.807, 2.05) is 0 Å². The summed E-state index contributed by atoms with van der Waals surface area (Å²) in [6.07, 6.45) is -0.310. The number of imidazole rings is 1. The van der Waals surface area contributed by atoms with Gasteiger partial charge in [-0.3, -0.25) is 0 Å². The minimum atomic E-state index is -4.53. The van der Waals surface area contributed by atoms with Gasteiger partial charge in [-0.1, -0.05) is 36.4 Å². The molecule has 0 aliphatic carbocycles. The van der Waals surface area contributed by atoms with Crippen molar-refractivity contribution in [2.45, 2.75) is 26.1 Å². The van der Waals surface area contributed by atoms with Gasteiger partial charge in [0.1, 0.15) is 11.6 Å². The maximum atomic E-state index is 13.3. The predicted molar refractivity (Wildman–Crippen MR) is 114 cm³/mol. The number of nitrogens with zero attached hydrogens (tertiary/aromatic N) is 2. The quantitative estimate of drug-likeness (QED) is 0.357. The van der Waals surface area contributed by atoms with Crippen molar-refractivity contribution in [2.75, 3.05) is 13.7 Å². The molecule has 32 heavy (non-hydrogen) atoms. The highest BCUT2D eigenvalue weighted by molar-refractivity contribution is 5.87. The number of hydrogen-bond acceptors (Lipinski definition) is 4. The van der Waals surface area contributed by atoms with Crippen molar-refractivity contribution in [1.29, 1.82) is 0 Å². The first-order chi connectivity index (χ1) is 15.3. The van der Waals surface area contributed by atoms with Crippen LogP contribution in [0.15, 0.2) is 60.8 Å². The molecule has 0 spiro atoms. The number of methoxy groups -OCH3 is 1. The Bertz CT molecular complexity index is 1070. The molecule has 1 heterocycles. The van der Waals surface area contributed by atoms with E-state index < -0.39 is 17.8 Å². The lowest BCUT2D eigenvalue weighted by molar-refractivity contribution is -0.141. The van der Waals surface area contributed by atoms with Gasteiger partial charge in [-0.2, -0.15) is 13.2 Å². The zero-order valence-corrected chi connectivity index (χ0v) is 17.7. The SMILES string of the molecule is CCOC(=O)C=Cc1ccc(Cc2nc(C(F)(F)F)cn2Cc2ccc(OC)cc2)cc1. The summed E-state index contributed by atoms with van der Waals surface area (Å²) in [6, 6.07) is 14.3. The summed E-state index contributed by atoms with van der Waals surface area (Å²) >= 11 is 0. The summed E-state index contributed by atoms with van der Waals surface area (Å²) in [5.41, 5.74) is 1.49. The number of alkyl halides is 3. The molecule has 2 aromatic carbocycles. The van der Waals surface area contributed by atoms with E-state index in [1.165, 1.54) is 10.6 Å². The lowest BCUT2D eigenvalue weighted by atomic mass is 10.1. The van der Waals surface area contributed by atoms with Crippen LogP contribution < -0.4 is 4.74 Å². The van der Waals surface area contributed by atoms with Gasteiger partial charge in [0.25, 0.3) is 0 Å². The van der Waals surface area contributed by atoms with Crippen molar-refractivity contribution < 1.29 is 27.4 Å². The van der Waals surface area contributed by atoms with Gasteiger partial charge in [0.05, 0.1) is 13.7 Å². The summed E-state index contributed by atoms with van der Waals surface area (Å²) in [5.74, 6) is 0.549. The minimum Gasteiger partial charge on any atom is -0.497 e. The highest BCUT2D eigenvalue weighted by Crippen LogP contribution is 2.29. The first-order valence-electron chi connectivity index (χ1n) is 9.98. The molecule has 0 aliphatic heterocycles. The van der Waals surface area contributed by atoms with E-state index in [2.05, 4.69) is 4.98 Å². The van der Waals surface area contributed by atoms with Crippen LogP contribution >= 0.6 is 0 Å². The Labute approximate surface area is 184 Å². The maximum Gasteiger partial charge on any atom is 0.434 e. The molecule has 8 heteroatoms. The van der Waals surface area contributed by atoms with Crippen LogP contribution in [-0.2, 0) is 28.7 Å². The molecule has 0 saturated heterocycles. The van der Waals surface area contributed by atoms with E-state index in [4.69, 9.17) is 9.47 Å². The van der Waals surface area contributed by atoms with Crippen LogP contribution in [0.3, 0.4) is 0 Å². The zero-order valence-electron chi connectivity index (χ0n) is 17.7. The topological polar surface area (TPSA) is 53.3 Å². The Balaban J connectivity index is 1.80. The van der Waals surface area contributed by atoms with Gasteiger partial charge >= 0.3 is 12.1 Å². The molecule has 5 nitrogen and oxygen atoms in total. The lowest BCUT2D eigenvalue weighted by Crippen LogP contribution is -2.05. The second-order valence-electron chi connectivity index (χ2n) is 7.02. The molecule has 0 aliphatic rings. The monoisotopic (exact) mass is 444 g/mol. The first kappa shape index (κ1) is 23.1. The number of rotatable bonds is 8. The summed E-state index contributed by atoms with van der Waals surface area (Å²) in [5, 5.41) is 0. The molecular formula is C24H23F3N2O3. The highest BCUT2D eigenvalue weighted by atomic mass is 19.4. The molecule has 0 fully saturated rings. The van der Waals surface area contributed by atoms with Gasteiger partial charge in [0, 0.05) is 25.2 Å². The van der Waals surface area contributed by atoms with E-state index in [1.54, 1.807) is 68.6 Å². The van der Waals surface area contributed by atoms with Crippen molar-refractivity contribution in [3.63, 3.8) is 0 Å². The lowest BCUT2D eigenvalue weighted by Gasteiger charge is -2.09. The van der Waals surface area contributed by atoms with Crippen LogP contribution in [0.25, 0.3) is 6.08 Å². The van der Waals surface area contributed by atoms with Crippen LogP contribution in [-0.4, -0.2) is 29.2 Å². The summed E-state index contributed by atoms with van der Waals surface area (Å²) < 4.78 is 51.3. The number of carbonyl (C=O) groups excluding carboxylic acids is 1. The number of hydrogen-bond donors (Lipinski definition) is 0. The van der Waals surface area contributed by atoms with E-state index >= 15 is 0 Å². The largest absolute Gasteiger partial charge is 0.497 e. The fourth-order valence-electron chi connectivity index (χ4n) is 3.08. The van der Waals surface area contributed by atoms with Crippen molar-refractivity contribution in [3.05, 3.63) is 89.0 Å². The Kier molecular flexibility index (Phi) is 7.35. The first-order valence-corrected chi connectivity index (χ1v) is 9.98. The molecule has 0 atom stereocenters. The fraction of sp³-hybridized carbons (Fsp3) is 0.250. The van der Waals surface area contributed by atoms with Crippen LogP contribution in [0, 0.1) is 0 Å². The summed E-state index contributed by atoms with van der Waals surface area (Å²) in [6.45, 7) is 2.28. The molecule has 0 unspecified atom stereocenters. The number of halogens is 3. The van der Waals surface area contributed by atoms with Crippen molar-refractivity contribution in [2.24, 2.45) is 0 Å². The van der Waals surface area contributed by atoms with Crippen molar-refractivity contribution in [1.82, 2.24) is 9.55 Å². The normalized spacial score (nSPS) is 11.7. The van der Waals surface area contributed by atoms with E-state index in [0.29, 0.717) is 18.2 Å². The van der Waals surface area contributed by atoms with Crippen molar-refractivity contribution in [3.8, 4) is 5.75 Å². The van der Waals surface area contributed by atoms with Gasteiger partial charge in [0.15, 0.2) is 5.69 Å². The predicted octanol–water partition coefficient (Wildman–Crippen LogP) is 5.13. The smallest absolute Gasteiger partial charge is 0.434 e. The Morgan fingerprint density at radius 1 is 1.06 bits per heavy atom. The molecule has 1 aromatic heterocycles. The Hall–Kier alpha value is -3.55. The molecule has 0 radical (unpaired) electrons. The zero-order chi connectivity index (χ0) is 23.1. The number of esters is 1. The van der Waals surface area contributed by atoms with Crippen LogP contribution in [0.5, 0.6) is 5.75 Å². The number of aromatic nitrogens is 2. The molecule has 3 aromatic rings. The summed E-state index contributed by atoms with van der Waals surface area (Å²) in [4.78, 5) is 15.3. The third-order valence-corrected chi connectivity index (χ3v) is 4.70. The molecule has 0 saturated carbocycles. The van der Waals surface area contributed by atoms with Gasteiger partial charge in [-0.05, 0) is 41.8 Å². The molecule has 3 rings (SSSR count). The van der Waals surface area contributed by atoms with Gasteiger partial charge in [-0.25, -0.2) is 9.78 Å². The van der Waals surface area contributed by atoms with E-state index in [0.717, 1.165) is 22.9 Å². The second kappa shape index (κ2) is 10.2. The van der Waals surface area contributed by atoms with Crippen molar-refractivity contribution >= 4 is 12.0 Å². The van der Waals surface area contributed by atoms with Crippen LogP contribution in [0.4, 0.5) is 13.2 Å². The van der Waals surface area contributed by atoms with E-state index in [-0.39, 0.29) is 13.0 Å². The maximum absolute atomic E-state index is 13.3. The van der Waals surface area contributed by atoms with Crippen LogP contribution in [0.1, 0.15) is 35.1 Å². The average Bonchev–Trinajstić information content (AvgIpc) is 3.17. The number of benzene rings is 2. The third-order valence-electron chi connectivity index (χ3n) is 4.70. The molecule has 0 bridgehead atoms. The number of carbonyl (C=O) groups is 1. The van der Waals surface area contributed by atoms with E-state index in [9.17, 15) is 18.0 Å². The molecule has 168 valence electrons. The average molecular weight is 444 g/mol. The standard InChI is InChI=1S/C24H23F3N2O3/c1-3-32-23(30)13-10-17-4-6-18(7-5-17)14-22-28-21(24(25,26)27)16-29(22)15-19-8-11-20(31-2)12-9-19/h4-13,16H,3,14-15H2,1-2H3. The Morgan fingerprint density at radius 2 is 1.72 bits per heavy atom. The van der Waals surface area contributed by atoms with Crippen LogP contribution in [0.2, 0.25) is 0 Å². The molecule has 0 amide bonds.